The fourth-order valence-electron chi connectivity index (χ4n) is 2.57. The van der Waals surface area contributed by atoms with Gasteiger partial charge in [-0.2, -0.15) is 0 Å². The van der Waals surface area contributed by atoms with Crippen LogP contribution in [0.5, 0.6) is 0 Å². The third kappa shape index (κ3) is 3.06. The standard InChI is InChI=1S/C15H19N3O3/c1-18-8-16-11-6-9(2-5-13(11)18)15(21)12(7-14(19)20)17-10-3-4-10/h2,5-6,8,10,12,15,17,21H,3-4,7H2,1H3,(H,19,20). The Bertz CT molecular complexity index is 663. The molecule has 21 heavy (non-hydrogen) atoms. The van der Waals surface area contributed by atoms with E-state index in [2.05, 4.69) is 10.3 Å². The summed E-state index contributed by atoms with van der Waals surface area (Å²) >= 11 is 0. The third-order valence-electron chi connectivity index (χ3n) is 3.89. The minimum absolute atomic E-state index is 0.0993. The van der Waals surface area contributed by atoms with Crippen LogP contribution in [-0.2, 0) is 11.8 Å². The Labute approximate surface area is 122 Å². The molecule has 2 aromatic rings. The van der Waals surface area contributed by atoms with E-state index >= 15 is 0 Å². The number of aromatic nitrogens is 2. The lowest BCUT2D eigenvalue weighted by Gasteiger charge is -2.23. The summed E-state index contributed by atoms with van der Waals surface area (Å²) in [6.07, 6.45) is 2.85. The summed E-state index contributed by atoms with van der Waals surface area (Å²) in [7, 11) is 1.91. The molecule has 1 aliphatic rings. The summed E-state index contributed by atoms with van der Waals surface area (Å²) in [5.74, 6) is -0.911. The number of aryl methyl sites for hydroxylation is 1. The van der Waals surface area contributed by atoms with Crippen LogP contribution in [0.25, 0.3) is 11.0 Å². The Morgan fingerprint density at radius 1 is 1.52 bits per heavy atom. The van der Waals surface area contributed by atoms with Crippen molar-refractivity contribution in [3.8, 4) is 0 Å². The van der Waals surface area contributed by atoms with Crippen molar-refractivity contribution in [3.63, 3.8) is 0 Å². The number of aliphatic carboxylic acids is 1. The molecular weight excluding hydrogens is 270 g/mol. The number of hydrogen-bond acceptors (Lipinski definition) is 4. The van der Waals surface area contributed by atoms with E-state index in [1.165, 1.54) is 0 Å². The number of nitrogens with one attached hydrogen (secondary N) is 1. The van der Waals surface area contributed by atoms with E-state index in [0.29, 0.717) is 11.6 Å². The summed E-state index contributed by atoms with van der Waals surface area (Å²) in [6, 6.07) is 5.41. The first kappa shape index (κ1) is 14.0. The van der Waals surface area contributed by atoms with Gasteiger partial charge >= 0.3 is 5.97 Å². The zero-order chi connectivity index (χ0) is 15.0. The van der Waals surface area contributed by atoms with Gasteiger partial charge in [0.15, 0.2) is 0 Å². The molecule has 1 heterocycles. The zero-order valence-electron chi connectivity index (χ0n) is 11.9. The molecule has 1 aromatic carbocycles. The molecule has 2 atom stereocenters. The lowest BCUT2D eigenvalue weighted by Crippen LogP contribution is -2.38. The highest BCUT2D eigenvalue weighted by Gasteiger charge is 2.30. The number of carboxylic acid groups (broad SMARTS) is 1. The minimum Gasteiger partial charge on any atom is -0.481 e. The maximum Gasteiger partial charge on any atom is 0.305 e. The maximum atomic E-state index is 11.0. The molecule has 2 unspecified atom stereocenters. The maximum absolute atomic E-state index is 11.0. The Hall–Kier alpha value is -1.92. The summed E-state index contributed by atoms with van der Waals surface area (Å²) in [4.78, 5) is 15.3. The summed E-state index contributed by atoms with van der Waals surface area (Å²) in [5, 5.41) is 22.8. The second-order valence-electron chi connectivity index (χ2n) is 5.69. The van der Waals surface area contributed by atoms with E-state index < -0.39 is 18.1 Å². The van der Waals surface area contributed by atoms with E-state index in [4.69, 9.17) is 5.11 Å². The molecular formula is C15H19N3O3. The fraction of sp³-hybridized carbons (Fsp3) is 0.467. The van der Waals surface area contributed by atoms with Gasteiger partial charge in [0, 0.05) is 19.1 Å². The van der Waals surface area contributed by atoms with Gasteiger partial charge in [0.2, 0.25) is 0 Å². The SMILES string of the molecule is Cn1cnc2cc(C(O)C(CC(=O)O)NC3CC3)ccc21. The van der Waals surface area contributed by atoms with Crippen molar-refractivity contribution in [1.29, 1.82) is 0 Å². The number of imidazole rings is 1. The van der Waals surface area contributed by atoms with Gasteiger partial charge in [0.05, 0.1) is 29.9 Å². The van der Waals surface area contributed by atoms with Gasteiger partial charge in [-0.1, -0.05) is 6.07 Å². The number of rotatable bonds is 6. The second kappa shape index (κ2) is 5.46. The van der Waals surface area contributed by atoms with Crippen LogP contribution in [0.15, 0.2) is 24.5 Å². The molecule has 0 radical (unpaired) electrons. The van der Waals surface area contributed by atoms with Crippen LogP contribution in [0.2, 0.25) is 0 Å². The molecule has 0 bridgehead atoms. The van der Waals surface area contributed by atoms with Crippen molar-refractivity contribution in [1.82, 2.24) is 14.9 Å². The minimum atomic E-state index is -0.911. The summed E-state index contributed by atoms with van der Waals surface area (Å²) in [6.45, 7) is 0. The van der Waals surface area contributed by atoms with Crippen molar-refractivity contribution in [2.75, 3.05) is 0 Å². The van der Waals surface area contributed by atoms with Gasteiger partial charge in [0.25, 0.3) is 0 Å². The molecule has 0 spiro atoms. The lowest BCUT2D eigenvalue weighted by atomic mass is 9.99. The molecule has 3 N–H and O–H groups in total. The number of carbonyl (C=O) groups is 1. The molecule has 112 valence electrons. The Morgan fingerprint density at radius 2 is 2.29 bits per heavy atom. The fourth-order valence-corrected chi connectivity index (χ4v) is 2.57. The van der Waals surface area contributed by atoms with Crippen LogP contribution < -0.4 is 5.32 Å². The third-order valence-corrected chi connectivity index (χ3v) is 3.89. The van der Waals surface area contributed by atoms with Crippen LogP contribution in [0.1, 0.15) is 30.9 Å². The number of fused-ring (bicyclic) bond motifs is 1. The number of aliphatic hydroxyl groups is 1. The monoisotopic (exact) mass is 289 g/mol. The van der Waals surface area contributed by atoms with E-state index in [1.54, 1.807) is 6.33 Å². The number of benzene rings is 1. The van der Waals surface area contributed by atoms with Gasteiger partial charge in [0.1, 0.15) is 0 Å². The van der Waals surface area contributed by atoms with Crippen molar-refractivity contribution < 1.29 is 15.0 Å². The molecule has 3 rings (SSSR count). The van der Waals surface area contributed by atoms with Gasteiger partial charge in [-0.05, 0) is 30.5 Å². The predicted molar refractivity (Wildman–Crippen MR) is 77.9 cm³/mol. The van der Waals surface area contributed by atoms with Crippen LogP contribution in [0, 0.1) is 0 Å². The van der Waals surface area contributed by atoms with E-state index in [-0.39, 0.29) is 6.42 Å². The number of aliphatic hydroxyl groups excluding tert-OH is 1. The Morgan fingerprint density at radius 3 is 2.95 bits per heavy atom. The van der Waals surface area contributed by atoms with Crippen molar-refractivity contribution >= 4 is 17.0 Å². The lowest BCUT2D eigenvalue weighted by molar-refractivity contribution is -0.138. The van der Waals surface area contributed by atoms with Gasteiger partial charge in [-0.15, -0.1) is 0 Å². The average Bonchev–Trinajstić information content (AvgIpc) is 3.19. The number of nitrogens with zero attached hydrogens (tertiary/aromatic N) is 2. The molecule has 0 saturated heterocycles. The largest absolute Gasteiger partial charge is 0.481 e. The topological polar surface area (TPSA) is 87.4 Å². The van der Waals surface area contributed by atoms with Crippen LogP contribution >= 0.6 is 0 Å². The molecule has 6 nitrogen and oxygen atoms in total. The molecule has 6 heteroatoms. The first-order valence-corrected chi connectivity index (χ1v) is 7.11. The molecule has 1 aromatic heterocycles. The van der Waals surface area contributed by atoms with E-state index in [1.807, 2.05) is 29.8 Å². The molecule has 0 amide bonds. The predicted octanol–water partition coefficient (Wildman–Crippen LogP) is 1.20. The van der Waals surface area contributed by atoms with Crippen LogP contribution in [-0.4, -0.2) is 37.8 Å². The van der Waals surface area contributed by atoms with Gasteiger partial charge in [-0.25, -0.2) is 4.98 Å². The quantitative estimate of drug-likeness (QED) is 0.744. The Balaban J connectivity index is 1.84. The average molecular weight is 289 g/mol. The molecule has 1 aliphatic carbocycles. The Kier molecular flexibility index (Phi) is 3.65. The van der Waals surface area contributed by atoms with Gasteiger partial charge in [-0.3, -0.25) is 4.79 Å². The smallest absolute Gasteiger partial charge is 0.305 e. The van der Waals surface area contributed by atoms with Crippen LogP contribution in [0.4, 0.5) is 0 Å². The van der Waals surface area contributed by atoms with Gasteiger partial charge < -0.3 is 20.1 Å². The number of hydrogen-bond donors (Lipinski definition) is 3. The van der Waals surface area contributed by atoms with Crippen molar-refractivity contribution in [3.05, 3.63) is 30.1 Å². The molecule has 1 fully saturated rings. The summed E-state index contributed by atoms with van der Waals surface area (Å²) < 4.78 is 1.91. The van der Waals surface area contributed by atoms with Crippen LogP contribution in [0.3, 0.4) is 0 Å². The highest BCUT2D eigenvalue weighted by Crippen LogP contribution is 2.27. The zero-order valence-corrected chi connectivity index (χ0v) is 11.9. The highest BCUT2D eigenvalue weighted by molar-refractivity contribution is 5.76. The summed E-state index contributed by atoms with van der Waals surface area (Å²) in [5.41, 5.74) is 2.48. The molecule has 1 saturated carbocycles. The molecule has 0 aliphatic heterocycles. The highest BCUT2D eigenvalue weighted by atomic mass is 16.4. The first-order chi connectivity index (χ1) is 10.0. The van der Waals surface area contributed by atoms with E-state index in [9.17, 15) is 9.90 Å². The van der Waals surface area contributed by atoms with E-state index in [0.717, 1.165) is 23.9 Å². The van der Waals surface area contributed by atoms with Crippen molar-refractivity contribution in [2.45, 2.75) is 37.5 Å². The second-order valence-corrected chi connectivity index (χ2v) is 5.69. The number of carboxylic acids is 1. The van der Waals surface area contributed by atoms with Crippen molar-refractivity contribution in [2.24, 2.45) is 7.05 Å². The normalized spacial score (nSPS) is 17.8. The first-order valence-electron chi connectivity index (χ1n) is 7.11.